The van der Waals surface area contributed by atoms with Crippen molar-refractivity contribution in [3.05, 3.63) is 36.2 Å². The Morgan fingerprint density at radius 3 is 2.25 bits per heavy atom. The fourth-order valence-corrected chi connectivity index (χ4v) is 1.46. The number of halogens is 1. The van der Waals surface area contributed by atoms with Gasteiger partial charge in [-0.1, -0.05) is 19.2 Å². The van der Waals surface area contributed by atoms with Crippen LogP contribution >= 0.6 is 0 Å². The maximum Gasteiger partial charge on any atom is 0.216 e. The number of carbonyl (C=O) groups is 1. The van der Waals surface area contributed by atoms with Crippen molar-refractivity contribution < 1.29 is 9.18 Å². The lowest BCUT2D eigenvalue weighted by Gasteiger charge is -2.15. The highest BCUT2D eigenvalue weighted by molar-refractivity contribution is 5.72. The molecule has 16 heavy (non-hydrogen) atoms. The third kappa shape index (κ3) is 5.49. The van der Waals surface area contributed by atoms with Gasteiger partial charge >= 0.3 is 0 Å². The van der Waals surface area contributed by atoms with Crippen LogP contribution in [0.25, 0.3) is 0 Å². The minimum absolute atomic E-state index is 0.00463. The van der Waals surface area contributed by atoms with E-state index in [2.05, 4.69) is 18.5 Å². The van der Waals surface area contributed by atoms with Crippen molar-refractivity contribution in [2.24, 2.45) is 0 Å². The predicted molar refractivity (Wildman–Crippen MR) is 65.7 cm³/mol. The van der Waals surface area contributed by atoms with Gasteiger partial charge in [0.15, 0.2) is 0 Å². The summed E-state index contributed by atoms with van der Waals surface area (Å²) < 4.78 is 12.7. The number of rotatable bonds is 2. The Morgan fingerprint density at radius 2 is 1.94 bits per heavy atom. The summed E-state index contributed by atoms with van der Waals surface area (Å²) in [6, 6.07) is 0. The molecule has 3 heteroatoms. The van der Waals surface area contributed by atoms with Crippen molar-refractivity contribution in [1.82, 2.24) is 5.32 Å². The van der Waals surface area contributed by atoms with E-state index in [9.17, 15) is 9.18 Å². The lowest BCUT2D eigenvalue weighted by Crippen LogP contribution is -2.11. The van der Waals surface area contributed by atoms with Gasteiger partial charge in [0.05, 0.1) is 0 Å². The van der Waals surface area contributed by atoms with Crippen molar-refractivity contribution in [2.45, 2.75) is 32.6 Å². The molecular weight excluding hydrogens is 205 g/mol. The SMILES string of the molecule is C=CC1=C(C(=C)F)CCCC1.CNC(C)=O. The minimum Gasteiger partial charge on any atom is -0.359 e. The summed E-state index contributed by atoms with van der Waals surface area (Å²) >= 11 is 0. The van der Waals surface area contributed by atoms with Crippen LogP contribution in [0.2, 0.25) is 0 Å². The molecule has 0 aromatic heterocycles. The number of allylic oxidation sites excluding steroid dienone is 4. The lowest BCUT2D eigenvalue weighted by molar-refractivity contribution is -0.118. The summed E-state index contributed by atoms with van der Waals surface area (Å²) in [7, 11) is 1.60. The summed E-state index contributed by atoms with van der Waals surface area (Å²) in [6.45, 7) is 8.43. The van der Waals surface area contributed by atoms with Gasteiger partial charge in [0.1, 0.15) is 5.83 Å². The zero-order chi connectivity index (χ0) is 12.6. The van der Waals surface area contributed by atoms with Crippen molar-refractivity contribution in [1.29, 1.82) is 0 Å². The Balaban J connectivity index is 0.000000385. The van der Waals surface area contributed by atoms with Gasteiger partial charge in [0.25, 0.3) is 0 Å². The van der Waals surface area contributed by atoms with Crippen LogP contribution in [0.4, 0.5) is 4.39 Å². The Hall–Kier alpha value is -1.38. The van der Waals surface area contributed by atoms with Gasteiger partial charge in [-0.15, -0.1) is 0 Å². The molecule has 0 radical (unpaired) electrons. The normalized spacial score (nSPS) is 14.7. The molecule has 1 aliphatic rings. The lowest BCUT2D eigenvalue weighted by atomic mass is 9.91. The zero-order valence-electron chi connectivity index (χ0n) is 10.1. The molecule has 0 spiro atoms. The maximum absolute atomic E-state index is 12.7. The van der Waals surface area contributed by atoms with Gasteiger partial charge in [0.2, 0.25) is 5.91 Å². The number of carbonyl (C=O) groups excluding carboxylic acids is 1. The molecule has 0 aromatic carbocycles. The molecule has 0 heterocycles. The molecule has 1 amide bonds. The molecule has 0 bridgehead atoms. The number of hydrogen-bond donors (Lipinski definition) is 1. The van der Waals surface area contributed by atoms with E-state index in [1.807, 2.05) is 0 Å². The van der Waals surface area contributed by atoms with E-state index in [0.29, 0.717) is 0 Å². The number of amides is 1. The Labute approximate surface area is 96.9 Å². The van der Waals surface area contributed by atoms with Crippen LogP contribution in [-0.2, 0) is 4.79 Å². The predicted octanol–water partition coefficient (Wildman–Crippen LogP) is 3.28. The number of nitrogens with one attached hydrogen (secondary N) is 1. The second-order valence-electron chi connectivity index (χ2n) is 3.63. The van der Waals surface area contributed by atoms with E-state index in [1.165, 1.54) is 6.92 Å². The second kappa shape index (κ2) is 7.85. The summed E-state index contributed by atoms with van der Waals surface area (Å²) in [5.41, 5.74) is 1.83. The van der Waals surface area contributed by atoms with Crippen LogP contribution in [0, 0.1) is 0 Å². The average Bonchev–Trinajstić information content (AvgIpc) is 2.29. The fraction of sp³-hybridized carbons (Fsp3) is 0.462. The topological polar surface area (TPSA) is 29.1 Å². The average molecular weight is 225 g/mol. The molecule has 0 aliphatic heterocycles. The van der Waals surface area contributed by atoms with Crippen LogP contribution in [0.5, 0.6) is 0 Å². The number of hydrogen-bond acceptors (Lipinski definition) is 1. The van der Waals surface area contributed by atoms with Gasteiger partial charge in [-0.3, -0.25) is 4.79 Å². The molecule has 90 valence electrons. The minimum atomic E-state index is -0.278. The van der Waals surface area contributed by atoms with E-state index in [-0.39, 0.29) is 11.7 Å². The van der Waals surface area contributed by atoms with Crippen LogP contribution in [0.15, 0.2) is 36.2 Å². The van der Waals surface area contributed by atoms with E-state index in [4.69, 9.17) is 0 Å². The van der Waals surface area contributed by atoms with Gasteiger partial charge in [-0.25, -0.2) is 4.39 Å². The molecule has 0 fully saturated rings. The highest BCUT2D eigenvalue weighted by Crippen LogP contribution is 2.29. The van der Waals surface area contributed by atoms with E-state index in [0.717, 1.165) is 36.8 Å². The third-order valence-corrected chi connectivity index (χ3v) is 2.44. The summed E-state index contributed by atoms with van der Waals surface area (Å²) in [6.07, 6.45) is 5.77. The summed E-state index contributed by atoms with van der Waals surface area (Å²) in [5, 5.41) is 2.39. The summed E-state index contributed by atoms with van der Waals surface area (Å²) in [5.74, 6) is -0.274. The molecule has 0 unspecified atom stereocenters. The van der Waals surface area contributed by atoms with Crippen molar-refractivity contribution in [2.75, 3.05) is 7.05 Å². The molecule has 0 atom stereocenters. The van der Waals surface area contributed by atoms with Gasteiger partial charge in [0, 0.05) is 14.0 Å². The van der Waals surface area contributed by atoms with Crippen molar-refractivity contribution in [3.63, 3.8) is 0 Å². The highest BCUT2D eigenvalue weighted by atomic mass is 19.1. The molecule has 0 saturated carbocycles. The Bertz CT molecular complexity index is 305. The van der Waals surface area contributed by atoms with Crippen molar-refractivity contribution in [3.8, 4) is 0 Å². The van der Waals surface area contributed by atoms with Crippen molar-refractivity contribution >= 4 is 5.91 Å². The Kier molecular flexibility index (Phi) is 7.18. The van der Waals surface area contributed by atoms with Crippen LogP contribution < -0.4 is 5.32 Å². The molecule has 1 rings (SSSR count). The van der Waals surface area contributed by atoms with E-state index in [1.54, 1.807) is 13.1 Å². The molecule has 1 N–H and O–H groups in total. The molecule has 1 aliphatic carbocycles. The molecule has 0 saturated heterocycles. The molecule has 0 aromatic rings. The standard InChI is InChI=1S/C10H13F.C3H7NO/c1-3-9-6-4-5-7-10(9)8(2)11;1-3(5)4-2/h3H,1-2,4-7H2;1-2H3,(H,4,5). The first-order valence-electron chi connectivity index (χ1n) is 5.40. The first-order valence-corrected chi connectivity index (χ1v) is 5.40. The second-order valence-corrected chi connectivity index (χ2v) is 3.63. The third-order valence-electron chi connectivity index (χ3n) is 2.44. The van der Waals surface area contributed by atoms with E-state index >= 15 is 0 Å². The zero-order valence-corrected chi connectivity index (χ0v) is 10.1. The van der Waals surface area contributed by atoms with Crippen LogP contribution in [0.3, 0.4) is 0 Å². The van der Waals surface area contributed by atoms with E-state index < -0.39 is 0 Å². The molecule has 2 nitrogen and oxygen atoms in total. The van der Waals surface area contributed by atoms with Crippen LogP contribution in [0.1, 0.15) is 32.6 Å². The monoisotopic (exact) mass is 225 g/mol. The molecular formula is C13H20FNO. The quantitative estimate of drug-likeness (QED) is 0.767. The van der Waals surface area contributed by atoms with Gasteiger partial charge in [-0.2, -0.15) is 0 Å². The Morgan fingerprint density at radius 1 is 1.44 bits per heavy atom. The highest BCUT2D eigenvalue weighted by Gasteiger charge is 2.12. The van der Waals surface area contributed by atoms with Gasteiger partial charge in [-0.05, 0) is 36.8 Å². The van der Waals surface area contributed by atoms with Crippen LogP contribution in [-0.4, -0.2) is 13.0 Å². The summed E-state index contributed by atoms with van der Waals surface area (Å²) in [4.78, 5) is 9.70. The first kappa shape index (κ1) is 14.6. The smallest absolute Gasteiger partial charge is 0.216 e. The first-order chi connectivity index (χ1) is 7.52. The largest absolute Gasteiger partial charge is 0.359 e. The maximum atomic E-state index is 12.7. The fourth-order valence-electron chi connectivity index (χ4n) is 1.46. The van der Waals surface area contributed by atoms with Gasteiger partial charge < -0.3 is 5.32 Å².